The van der Waals surface area contributed by atoms with E-state index in [4.69, 9.17) is 14.2 Å². The number of rotatable bonds is 4. The van der Waals surface area contributed by atoms with Crippen LogP contribution in [0.4, 0.5) is 0 Å². The minimum atomic E-state index is -1.82. The van der Waals surface area contributed by atoms with Crippen molar-refractivity contribution in [3.8, 4) is 0 Å². The zero-order chi connectivity index (χ0) is 20.2. The zero-order valence-corrected chi connectivity index (χ0v) is 15.6. The van der Waals surface area contributed by atoms with Gasteiger partial charge in [0.2, 0.25) is 0 Å². The summed E-state index contributed by atoms with van der Waals surface area (Å²) in [5.74, 6) is -2.86. The smallest absolute Gasteiger partial charge is 0.339 e. The molecule has 0 aromatic carbocycles. The molecule has 8 atom stereocenters. The van der Waals surface area contributed by atoms with E-state index in [-0.39, 0.29) is 32.3 Å². The van der Waals surface area contributed by atoms with Crippen molar-refractivity contribution in [3.63, 3.8) is 0 Å². The summed E-state index contributed by atoms with van der Waals surface area (Å²) in [4.78, 5) is 36.8. The van der Waals surface area contributed by atoms with E-state index < -0.39 is 58.7 Å². The molecule has 0 saturated carbocycles. The lowest BCUT2D eigenvalue weighted by Gasteiger charge is -2.53. The number of aliphatic hydroxyl groups is 3. The summed E-state index contributed by atoms with van der Waals surface area (Å²) in [5, 5.41) is 31.8. The van der Waals surface area contributed by atoms with Gasteiger partial charge in [-0.3, -0.25) is 4.79 Å². The number of esters is 2. The van der Waals surface area contributed by atoms with Crippen LogP contribution in [-0.2, 0) is 28.6 Å². The van der Waals surface area contributed by atoms with E-state index in [0.29, 0.717) is 0 Å². The first-order valence-corrected chi connectivity index (χ1v) is 9.13. The lowest BCUT2D eigenvalue weighted by molar-refractivity contribution is -0.214. The predicted molar refractivity (Wildman–Crippen MR) is 87.9 cm³/mol. The van der Waals surface area contributed by atoms with Gasteiger partial charge in [-0.25, -0.2) is 4.79 Å². The maximum absolute atomic E-state index is 13.2. The molecule has 3 heterocycles. The summed E-state index contributed by atoms with van der Waals surface area (Å²) in [6.07, 6.45) is -4.38. The van der Waals surface area contributed by atoms with Gasteiger partial charge in [0, 0.05) is 11.3 Å². The molecule has 3 aliphatic rings. The van der Waals surface area contributed by atoms with Crippen LogP contribution in [0.5, 0.6) is 0 Å². The van der Waals surface area contributed by atoms with Crippen molar-refractivity contribution in [2.75, 3.05) is 13.2 Å². The Hall–Kier alpha value is -1.55. The minimum absolute atomic E-state index is 0.118. The van der Waals surface area contributed by atoms with E-state index >= 15 is 0 Å². The predicted octanol–water partition coefficient (Wildman–Crippen LogP) is -0.847. The molecule has 3 saturated heterocycles. The van der Waals surface area contributed by atoms with Gasteiger partial charge in [0.1, 0.15) is 19.0 Å². The third-order valence-electron chi connectivity index (χ3n) is 7.14. The van der Waals surface area contributed by atoms with Gasteiger partial charge in [-0.1, -0.05) is 20.8 Å². The van der Waals surface area contributed by atoms with Crippen molar-refractivity contribution in [2.24, 2.45) is 22.7 Å². The molecule has 0 amide bonds. The second-order valence-electron chi connectivity index (χ2n) is 7.99. The molecule has 0 aliphatic carbocycles. The minimum Gasteiger partial charge on any atom is -0.465 e. The maximum Gasteiger partial charge on any atom is 0.339 e. The molecule has 0 aromatic rings. The van der Waals surface area contributed by atoms with Gasteiger partial charge < -0.3 is 34.3 Å². The quantitative estimate of drug-likeness (QED) is 0.416. The number of aldehydes is 1. The van der Waals surface area contributed by atoms with Crippen molar-refractivity contribution in [1.29, 1.82) is 0 Å². The fraction of sp³-hybridized carbons (Fsp3) is 0.833. The van der Waals surface area contributed by atoms with Crippen LogP contribution in [0.3, 0.4) is 0 Å². The third kappa shape index (κ3) is 2.28. The Kier molecular flexibility index (Phi) is 4.87. The van der Waals surface area contributed by atoms with Crippen LogP contribution in [0, 0.1) is 22.7 Å². The van der Waals surface area contributed by atoms with Crippen LogP contribution in [0.15, 0.2) is 0 Å². The van der Waals surface area contributed by atoms with Crippen molar-refractivity contribution in [2.45, 2.75) is 57.7 Å². The van der Waals surface area contributed by atoms with E-state index in [1.807, 2.05) is 0 Å². The topological polar surface area (TPSA) is 140 Å². The van der Waals surface area contributed by atoms with Crippen LogP contribution in [0.25, 0.3) is 0 Å². The maximum atomic E-state index is 13.2. The number of cyclic esters (lactones) is 2. The summed E-state index contributed by atoms with van der Waals surface area (Å²) >= 11 is 0. The van der Waals surface area contributed by atoms with Crippen LogP contribution < -0.4 is 0 Å². The monoisotopic (exact) mass is 386 g/mol. The highest BCUT2D eigenvalue weighted by Crippen LogP contribution is 2.67. The first kappa shape index (κ1) is 20.2. The second-order valence-corrected chi connectivity index (χ2v) is 7.99. The number of hydrogen-bond donors (Lipinski definition) is 3. The van der Waals surface area contributed by atoms with Gasteiger partial charge in [0.25, 0.3) is 0 Å². The fourth-order valence-electron chi connectivity index (χ4n) is 5.39. The van der Waals surface area contributed by atoms with Gasteiger partial charge in [0.15, 0.2) is 11.9 Å². The summed E-state index contributed by atoms with van der Waals surface area (Å²) in [5.41, 5.74) is -4.81. The summed E-state index contributed by atoms with van der Waals surface area (Å²) in [7, 11) is 0. The molecule has 3 rings (SSSR count). The Morgan fingerprint density at radius 2 is 1.93 bits per heavy atom. The van der Waals surface area contributed by atoms with E-state index in [9.17, 15) is 29.7 Å². The summed E-state index contributed by atoms with van der Waals surface area (Å²) in [6, 6.07) is 0. The highest BCUT2D eigenvalue weighted by atomic mass is 16.7. The fourth-order valence-corrected chi connectivity index (χ4v) is 5.39. The number of aliphatic hydroxyl groups excluding tert-OH is 3. The standard InChI is InChI=1S/C18H26O9/c1-4-16(3)17(12(21)6-19)5-10(20)7-26-15(24)18(16,27-14(17)23)11-8-25-13(22)9(11)2/h6,9-12,14,20-21,23H,4-5,7-8H2,1-3H3/t9-,10+,11?,12-,14?,16?,17?,18?/m0/s1. The van der Waals surface area contributed by atoms with E-state index in [0.717, 1.165) is 0 Å². The Labute approximate surface area is 156 Å². The molecular formula is C18H26O9. The van der Waals surface area contributed by atoms with Crippen molar-refractivity contribution in [3.05, 3.63) is 0 Å². The normalized spacial score (nSPS) is 48.4. The Morgan fingerprint density at radius 1 is 1.26 bits per heavy atom. The highest BCUT2D eigenvalue weighted by Gasteiger charge is 2.79. The Bertz CT molecular complexity index is 651. The van der Waals surface area contributed by atoms with Gasteiger partial charge in [-0.05, 0) is 12.8 Å². The summed E-state index contributed by atoms with van der Waals surface area (Å²) in [6.45, 7) is 4.45. The molecule has 0 spiro atoms. The van der Waals surface area contributed by atoms with Crippen molar-refractivity contribution < 1.29 is 43.9 Å². The molecule has 152 valence electrons. The largest absolute Gasteiger partial charge is 0.465 e. The van der Waals surface area contributed by atoms with Crippen molar-refractivity contribution >= 4 is 18.2 Å². The van der Waals surface area contributed by atoms with Gasteiger partial charge in [-0.15, -0.1) is 0 Å². The number of carbonyl (C=O) groups is 3. The first-order valence-electron chi connectivity index (χ1n) is 9.13. The van der Waals surface area contributed by atoms with Crippen LogP contribution in [-0.4, -0.2) is 70.9 Å². The molecule has 0 aromatic heterocycles. The molecule has 3 aliphatic heterocycles. The Morgan fingerprint density at radius 3 is 2.44 bits per heavy atom. The lowest BCUT2D eigenvalue weighted by Crippen LogP contribution is -2.65. The molecule has 3 fully saturated rings. The first-order chi connectivity index (χ1) is 12.6. The van der Waals surface area contributed by atoms with Crippen LogP contribution in [0.1, 0.15) is 33.6 Å². The molecule has 27 heavy (non-hydrogen) atoms. The zero-order valence-electron chi connectivity index (χ0n) is 15.6. The number of hydrogen-bond acceptors (Lipinski definition) is 9. The van der Waals surface area contributed by atoms with Gasteiger partial charge >= 0.3 is 11.9 Å². The van der Waals surface area contributed by atoms with Gasteiger partial charge in [-0.2, -0.15) is 0 Å². The van der Waals surface area contributed by atoms with Gasteiger partial charge in [0.05, 0.1) is 24.0 Å². The lowest BCUT2D eigenvalue weighted by atomic mass is 9.49. The summed E-state index contributed by atoms with van der Waals surface area (Å²) < 4.78 is 16.2. The van der Waals surface area contributed by atoms with Crippen LogP contribution in [0.2, 0.25) is 0 Å². The van der Waals surface area contributed by atoms with Crippen LogP contribution >= 0.6 is 0 Å². The number of carbonyl (C=O) groups excluding carboxylic acids is 3. The Balaban J connectivity index is 2.29. The molecule has 2 bridgehead atoms. The average Bonchev–Trinajstić information content (AvgIpc) is 3.08. The van der Waals surface area contributed by atoms with E-state index in [1.54, 1.807) is 20.8 Å². The molecule has 0 radical (unpaired) electrons. The molecule has 9 nitrogen and oxygen atoms in total. The number of fused-ring (bicyclic) bond motifs is 2. The van der Waals surface area contributed by atoms with E-state index in [1.165, 1.54) is 0 Å². The molecule has 5 unspecified atom stereocenters. The highest BCUT2D eigenvalue weighted by molar-refractivity contribution is 5.85. The molecular weight excluding hydrogens is 360 g/mol. The SMILES string of the molecule is CCC1(C)C2(C3COC(=O)[C@H]3C)OC(O)C1([C@@H](O)C=O)C[C@@H](O)COC2=O. The average molecular weight is 386 g/mol. The molecule has 3 N–H and O–H groups in total. The van der Waals surface area contributed by atoms with Crippen molar-refractivity contribution in [1.82, 2.24) is 0 Å². The second kappa shape index (κ2) is 6.51. The third-order valence-corrected chi connectivity index (χ3v) is 7.14. The van der Waals surface area contributed by atoms with E-state index in [2.05, 4.69) is 0 Å². The molecule has 9 heteroatoms. The number of ether oxygens (including phenoxy) is 3.